The second-order valence-corrected chi connectivity index (χ2v) is 10.2. The number of pyridine rings is 1. The van der Waals surface area contributed by atoms with Gasteiger partial charge < -0.3 is 4.90 Å². The zero-order valence-electron chi connectivity index (χ0n) is 19.3. The number of hydrogen-bond donors (Lipinski definition) is 0. The molecular weight excluding hydrogens is 503 g/mol. The van der Waals surface area contributed by atoms with Crippen LogP contribution in [0.1, 0.15) is 16.8 Å². The number of rotatable bonds is 7. The quantitative estimate of drug-likeness (QED) is 0.236. The molecule has 0 N–H and O–H groups in total. The highest BCUT2D eigenvalue weighted by molar-refractivity contribution is 7.22. The van der Waals surface area contributed by atoms with E-state index in [0.29, 0.717) is 22.8 Å². The van der Waals surface area contributed by atoms with E-state index < -0.39 is 0 Å². The number of hydrogen-bond acceptors (Lipinski definition) is 6. The highest BCUT2D eigenvalue weighted by Gasteiger charge is 2.24. The lowest BCUT2D eigenvalue weighted by Crippen LogP contribution is -2.33. The van der Waals surface area contributed by atoms with Crippen LogP contribution in [-0.2, 0) is 0 Å². The summed E-state index contributed by atoms with van der Waals surface area (Å²) in [6.45, 7) is 1.34. The van der Waals surface area contributed by atoms with Crippen LogP contribution in [-0.4, -0.2) is 48.0 Å². The average molecular weight is 527 g/mol. The fourth-order valence-electron chi connectivity index (χ4n) is 3.88. The number of benzene rings is 2. The van der Waals surface area contributed by atoms with Gasteiger partial charge in [0, 0.05) is 11.9 Å². The van der Waals surface area contributed by atoms with Crippen molar-refractivity contribution in [1.29, 1.82) is 0 Å². The number of nitrogens with zero attached hydrogens (tertiary/aromatic N) is 4. The van der Waals surface area contributed by atoms with Crippen LogP contribution in [0.3, 0.4) is 0 Å². The predicted octanol–water partition coefficient (Wildman–Crippen LogP) is 6.73. The second kappa shape index (κ2) is 10.8. The van der Waals surface area contributed by atoms with Gasteiger partial charge in [0.1, 0.15) is 5.82 Å². The number of aromatic nitrogens is 2. The standard InChI is InChI=1S/C26H23FN4OS2.ClH/c1-30(2)12-6-13-31(26-29-21-11-10-17(27)15-24(21)34-26)25(32)19-16-22(23-9-5-14-33-23)28-20-8-4-3-7-18(19)20;/h3-5,7-11,14-16H,6,12-13H2,1-2H3;1H. The summed E-state index contributed by atoms with van der Waals surface area (Å²) in [5.74, 6) is -0.441. The normalized spacial score (nSPS) is 11.2. The topological polar surface area (TPSA) is 49.3 Å². The molecule has 9 heteroatoms. The Labute approximate surface area is 217 Å². The van der Waals surface area contributed by atoms with Gasteiger partial charge in [-0.3, -0.25) is 9.69 Å². The van der Waals surface area contributed by atoms with Gasteiger partial charge in [0.2, 0.25) is 0 Å². The Bertz CT molecular complexity index is 1470. The van der Waals surface area contributed by atoms with Crippen LogP contribution in [0.4, 0.5) is 9.52 Å². The van der Waals surface area contributed by atoms with Crippen molar-refractivity contribution in [2.45, 2.75) is 6.42 Å². The van der Waals surface area contributed by atoms with Gasteiger partial charge in [-0.15, -0.1) is 23.7 Å². The predicted molar refractivity (Wildman–Crippen MR) is 147 cm³/mol. The molecule has 0 saturated heterocycles. The Hall–Kier alpha value is -2.91. The summed E-state index contributed by atoms with van der Waals surface area (Å²) in [4.78, 5) is 28.4. The average Bonchev–Trinajstić information content (AvgIpc) is 3.50. The number of para-hydroxylation sites is 1. The van der Waals surface area contributed by atoms with E-state index in [-0.39, 0.29) is 24.1 Å². The third-order valence-electron chi connectivity index (χ3n) is 5.52. The maximum Gasteiger partial charge on any atom is 0.260 e. The number of carbonyl (C=O) groups is 1. The van der Waals surface area contributed by atoms with Crippen LogP contribution >= 0.6 is 35.1 Å². The van der Waals surface area contributed by atoms with Crippen LogP contribution in [0.25, 0.3) is 31.7 Å². The number of carbonyl (C=O) groups excluding carboxylic acids is 1. The molecular formula is C26H24ClFN4OS2. The summed E-state index contributed by atoms with van der Waals surface area (Å²) in [5, 5.41) is 3.38. The first-order chi connectivity index (χ1) is 16.5. The SMILES string of the molecule is CN(C)CCCN(C(=O)c1cc(-c2cccs2)nc2ccccc12)c1nc2ccc(F)cc2s1.Cl. The van der Waals surface area contributed by atoms with Crippen molar-refractivity contribution in [3.63, 3.8) is 0 Å². The monoisotopic (exact) mass is 526 g/mol. The van der Waals surface area contributed by atoms with Gasteiger partial charge in [-0.05, 0) is 68.8 Å². The minimum absolute atomic E-state index is 0. The molecule has 0 unspecified atom stereocenters. The highest BCUT2D eigenvalue weighted by atomic mass is 35.5. The Morgan fingerprint density at radius 3 is 2.57 bits per heavy atom. The van der Waals surface area contributed by atoms with Crippen molar-refractivity contribution in [2.75, 3.05) is 32.1 Å². The molecule has 3 heterocycles. The van der Waals surface area contributed by atoms with E-state index in [9.17, 15) is 9.18 Å². The zero-order chi connectivity index (χ0) is 23.7. The van der Waals surface area contributed by atoms with E-state index in [4.69, 9.17) is 4.98 Å². The fraction of sp³-hybridized carbons (Fsp3) is 0.192. The van der Waals surface area contributed by atoms with Gasteiger partial charge in [0.05, 0.1) is 31.9 Å². The van der Waals surface area contributed by atoms with Gasteiger partial charge in [-0.25, -0.2) is 14.4 Å². The van der Waals surface area contributed by atoms with E-state index in [1.807, 2.05) is 61.9 Å². The summed E-state index contributed by atoms with van der Waals surface area (Å²) in [7, 11) is 4.02. The molecule has 0 aliphatic carbocycles. The van der Waals surface area contributed by atoms with Crippen LogP contribution < -0.4 is 4.90 Å². The van der Waals surface area contributed by atoms with Crippen molar-refractivity contribution in [3.05, 3.63) is 77.4 Å². The molecule has 0 bridgehead atoms. The Morgan fingerprint density at radius 2 is 1.80 bits per heavy atom. The second-order valence-electron chi connectivity index (χ2n) is 8.27. The molecule has 0 spiro atoms. The maximum absolute atomic E-state index is 14.1. The van der Waals surface area contributed by atoms with Crippen molar-refractivity contribution in [1.82, 2.24) is 14.9 Å². The van der Waals surface area contributed by atoms with Gasteiger partial charge >= 0.3 is 0 Å². The lowest BCUT2D eigenvalue weighted by Gasteiger charge is -2.22. The number of anilines is 1. The molecule has 0 saturated carbocycles. The van der Waals surface area contributed by atoms with E-state index in [0.717, 1.165) is 39.1 Å². The number of thiophene rings is 1. The molecule has 0 atom stereocenters. The molecule has 180 valence electrons. The molecule has 3 aromatic heterocycles. The molecule has 5 rings (SSSR count). The van der Waals surface area contributed by atoms with Crippen molar-refractivity contribution in [2.24, 2.45) is 0 Å². The van der Waals surface area contributed by atoms with E-state index in [1.54, 1.807) is 22.3 Å². The van der Waals surface area contributed by atoms with Crippen molar-refractivity contribution in [3.8, 4) is 10.6 Å². The van der Waals surface area contributed by atoms with Gasteiger partial charge in [0.15, 0.2) is 5.13 Å². The largest absolute Gasteiger partial charge is 0.309 e. The number of thiazole rings is 1. The summed E-state index contributed by atoms with van der Waals surface area (Å²) in [6, 6.07) is 18.1. The maximum atomic E-state index is 14.1. The molecule has 0 fully saturated rings. The third-order valence-corrected chi connectivity index (χ3v) is 7.46. The smallest absolute Gasteiger partial charge is 0.260 e. The molecule has 2 aromatic carbocycles. The minimum atomic E-state index is -0.311. The zero-order valence-corrected chi connectivity index (χ0v) is 21.7. The van der Waals surface area contributed by atoms with E-state index in [1.165, 1.54) is 23.5 Å². The Morgan fingerprint density at radius 1 is 0.971 bits per heavy atom. The first kappa shape index (κ1) is 25.2. The lowest BCUT2D eigenvalue weighted by molar-refractivity contribution is 0.0987. The molecule has 0 radical (unpaired) electrons. The highest BCUT2D eigenvalue weighted by Crippen LogP contribution is 2.33. The molecule has 0 aliphatic heterocycles. The minimum Gasteiger partial charge on any atom is -0.309 e. The first-order valence-corrected chi connectivity index (χ1v) is 12.7. The molecule has 5 aromatic rings. The summed E-state index contributed by atoms with van der Waals surface area (Å²) < 4.78 is 14.5. The number of halogens is 2. The summed E-state index contributed by atoms with van der Waals surface area (Å²) in [6.07, 6.45) is 0.782. The molecule has 35 heavy (non-hydrogen) atoms. The van der Waals surface area contributed by atoms with Gasteiger partial charge in [0.25, 0.3) is 5.91 Å². The lowest BCUT2D eigenvalue weighted by atomic mass is 10.1. The number of amides is 1. The van der Waals surface area contributed by atoms with Crippen molar-refractivity contribution < 1.29 is 9.18 Å². The summed E-state index contributed by atoms with van der Waals surface area (Å²) in [5.41, 5.74) is 2.82. The molecule has 5 nitrogen and oxygen atoms in total. The molecule has 1 amide bonds. The van der Waals surface area contributed by atoms with Crippen LogP contribution in [0, 0.1) is 5.82 Å². The molecule has 0 aliphatic rings. The van der Waals surface area contributed by atoms with Crippen LogP contribution in [0.15, 0.2) is 66.0 Å². The summed E-state index contributed by atoms with van der Waals surface area (Å²) >= 11 is 2.93. The van der Waals surface area contributed by atoms with E-state index >= 15 is 0 Å². The number of fused-ring (bicyclic) bond motifs is 2. The Kier molecular flexibility index (Phi) is 7.76. The van der Waals surface area contributed by atoms with Crippen molar-refractivity contribution >= 4 is 67.2 Å². The van der Waals surface area contributed by atoms with E-state index in [2.05, 4.69) is 9.88 Å². The van der Waals surface area contributed by atoms with Crippen LogP contribution in [0.5, 0.6) is 0 Å². The van der Waals surface area contributed by atoms with Gasteiger partial charge in [-0.2, -0.15) is 0 Å². The third kappa shape index (κ3) is 5.36. The first-order valence-electron chi connectivity index (χ1n) is 11.0. The van der Waals surface area contributed by atoms with Gasteiger partial charge in [-0.1, -0.05) is 35.6 Å². The van der Waals surface area contributed by atoms with Crippen LogP contribution in [0.2, 0.25) is 0 Å². The fourth-order valence-corrected chi connectivity index (χ4v) is 5.58. The Balaban J connectivity index is 0.00000289.